The van der Waals surface area contributed by atoms with E-state index in [4.69, 9.17) is 11.6 Å². The minimum Gasteiger partial charge on any atom is -0.378 e. The highest BCUT2D eigenvalue weighted by Gasteiger charge is 2.16. The first-order valence-electron chi connectivity index (χ1n) is 6.20. The van der Waals surface area contributed by atoms with Gasteiger partial charge in [0, 0.05) is 15.5 Å². The average molecular weight is 325 g/mol. The summed E-state index contributed by atoms with van der Waals surface area (Å²) < 4.78 is 0.794. The van der Waals surface area contributed by atoms with Gasteiger partial charge >= 0.3 is 0 Å². The van der Waals surface area contributed by atoms with Crippen molar-refractivity contribution in [2.24, 2.45) is 0 Å². The van der Waals surface area contributed by atoms with Gasteiger partial charge in [-0.1, -0.05) is 11.6 Å². The zero-order valence-corrected chi connectivity index (χ0v) is 13.2. The predicted molar refractivity (Wildman–Crippen MR) is 87.2 cm³/mol. The van der Waals surface area contributed by atoms with E-state index in [0.717, 1.165) is 20.6 Å². The summed E-state index contributed by atoms with van der Waals surface area (Å²) in [7, 11) is 0. The van der Waals surface area contributed by atoms with Crippen molar-refractivity contribution < 1.29 is 4.79 Å². The van der Waals surface area contributed by atoms with Crippen molar-refractivity contribution in [1.29, 1.82) is 0 Å². The maximum absolute atomic E-state index is 11.4. The number of thiophene rings is 1. The van der Waals surface area contributed by atoms with Crippen molar-refractivity contribution in [1.82, 2.24) is 0 Å². The van der Waals surface area contributed by atoms with Gasteiger partial charge in [-0.3, -0.25) is 4.79 Å². The van der Waals surface area contributed by atoms with Crippen LogP contribution >= 0.6 is 34.7 Å². The maximum Gasteiger partial charge on any atom is 0.234 e. The molecule has 2 heterocycles. The predicted octanol–water partition coefficient (Wildman–Crippen LogP) is 4.62. The van der Waals surface area contributed by atoms with E-state index in [0.29, 0.717) is 5.75 Å². The molecule has 2 aromatic rings. The summed E-state index contributed by atoms with van der Waals surface area (Å²) >= 11 is 9.10. The van der Waals surface area contributed by atoms with Crippen LogP contribution in [0.15, 0.2) is 35.2 Å². The van der Waals surface area contributed by atoms with E-state index < -0.39 is 0 Å². The van der Waals surface area contributed by atoms with Crippen molar-refractivity contribution in [3.8, 4) is 0 Å². The molecule has 1 aliphatic heterocycles. The second-order valence-corrected chi connectivity index (χ2v) is 7.32. The molecule has 0 radical (unpaired) electrons. The number of anilines is 2. The monoisotopic (exact) mass is 324 g/mol. The van der Waals surface area contributed by atoms with Gasteiger partial charge in [0.15, 0.2) is 0 Å². The number of halogens is 1. The quantitative estimate of drug-likeness (QED) is 0.865. The third-order valence-electron chi connectivity index (χ3n) is 3.02. The molecule has 6 heteroatoms. The van der Waals surface area contributed by atoms with Crippen molar-refractivity contribution >= 4 is 52.0 Å². The zero-order valence-electron chi connectivity index (χ0n) is 10.8. The number of carbonyl (C=O) groups is 1. The Morgan fingerprint density at radius 1 is 1.35 bits per heavy atom. The largest absolute Gasteiger partial charge is 0.378 e. The number of hydrogen-bond acceptors (Lipinski definition) is 4. The molecule has 3 rings (SSSR count). The van der Waals surface area contributed by atoms with Crippen LogP contribution in [0.4, 0.5) is 11.4 Å². The first-order chi connectivity index (χ1) is 9.61. The lowest BCUT2D eigenvalue weighted by molar-refractivity contribution is -0.113. The van der Waals surface area contributed by atoms with E-state index in [1.807, 2.05) is 30.3 Å². The lowest BCUT2D eigenvalue weighted by atomic mass is 10.2. The molecule has 1 aromatic heterocycles. The molecule has 104 valence electrons. The first-order valence-corrected chi connectivity index (χ1v) is 8.38. The molecule has 0 spiro atoms. The van der Waals surface area contributed by atoms with Crippen molar-refractivity contribution in [2.45, 2.75) is 17.9 Å². The Labute approximate surface area is 130 Å². The van der Waals surface area contributed by atoms with E-state index in [-0.39, 0.29) is 11.9 Å². The molecule has 0 bridgehead atoms. The second kappa shape index (κ2) is 5.68. The van der Waals surface area contributed by atoms with Crippen LogP contribution in [-0.4, -0.2) is 11.7 Å². The highest BCUT2D eigenvalue weighted by atomic mass is 35.5. The summed E-state index contributed by atoms with van der Waals surface area (Å²) in [6.45, 7) is 2.09. The number of benzene rings is 1. The van der Waals surface area contributed by atoms with Gasteiger partial charge in [-0.05, 0) is 37.3 Å². The van der Waals surface area contributed by atoms with Crippen LogP contribution in [0.5, 0.6) is 0 Å². The Morgan fingerprint density at radius 2 is 2.20 bits per heavy atom. The fourth-order valence-electron chi connectivity index (χ4n) is 2.06. The fraction of sp³-hybridized carbons (Fsp3) is 0.214. The molecule has 0 saturated heterocycles. The van der Waals surface area contributed by atoms with Crippen LogP contribution in [0.1, 0.15) is 17.8 Å². The molecular formula is C14H13ClN2OS2. The Balaban J connectivity index is 1.78. The number of rotatable bonds is 3. The summed E-state index contributed by atoms with van der Waals surface area (Å²) in [5, 5.41) is 6.33. The lowest BCUT2D eigenvalue weighted by Crippen LogP contribution is -2.18. The number of thioether (sulfide) groups is 1. The minimum absolute atomic E-state index is 0.0535. The molecule has 20 heavy (non-hydrogen) atoms. The fourth-order valence-corrected chi connectivity index (χ4v) is 3.91. The van der Waals surface area contributed by atoms with Gasteiger partial charge < -0.3 is 10.6 Å². The Kier molecular flexibility index (Phi) is 3.92. The van der Waals surface area contributed by atoms with E-state index in [1.165, 1.54) is 4.88 Å². The summed E-state index contributed by atoms with van der Waals surface area (Å²) in [5.74, 6) is 0.543. The summed E-state index contributed by atoms with van der Waals surface area (Å²) in [5.41, 5.74) is 1.87. The summed E-state index contributed by atoms with van der Waals surface area (Å²) in [6.07, 6.45) is 0. The Morgan fingerprint density at radius 3 is 2.95 bits per heavy atom. The molecule has 1 atom stereocenters. The van der Waals surface area contributed by atoms with E-state index >= 15 is 0 Å². The highest BCUT2D eigenvalue weighted by molar-refractivity contribution is 8.00. The van der Waals surface area contributed by atoms with Gasteiger partial charge in [0.1, 0.15) is 0 Å². The molecule has 0 fully saturated rings. The minimum atomic E-state index is 0.0535. The van der Waals surface area contributed by atoms with Crippen LogP contribution in [0, 0.1) is 0 Å². The molecule has 1 unspecified atom stereocenters. The van der Waals surface area contributed by atoms with Crippen molar-refractivity contribution in [2.75, 3.05) is 16.4 Å². The molecular weight excluding hydrogens is 312 g/mol. The van der Waals surface area contributed by atoms with Gasteiger partial charge in [-0.25, -0.2) is 0 Å². The van der Waals surface area contributed by atoms with Gasteiger partial charge in [-0.15, -0.1) is 23.1 Å². The number of fused-ring (bicyclic) bond motifs is 1. The summed E-state index contributed by atoms with van der Waals surface area (Å²) in [6, 6.07) is 10.2. The molecule has 0 aliphatic carbocycles. The third kappa shape index (κ3) is 2.95. The molecule has 1 aliphatic rings. The van der Waals surface area contributed by atoms with Crippen LogP contribution < -0.4 is 10.6 Å². The van der Waals surface area contributed by atoms with Gasteiger partial charge in [0.05, 0.1) is 21.8 Å². The van der Waals surface area contributed by atoms with Gasteiger partial charge in [0.2, 0.25) is 5.91 Å². The normalized spacial score (nSPS) is 15.4. The second-order valence-electron chi connectivity index (χ2n) is 4.56. The topological polar surface area (TPSA) is 41.1 Å². The lowest BCUT2D eigenvalue weighted by Gasteiger charge is -2.19. The van der Waals surface area contributed by atoms with Gasteiger partial charge in [0.25, 0.3) is 0 Å². The van der Waals surface area contributed by atoms with Crippen molar-refractivity contribution in [3.63, 3.8) is 0 Å². The van der Waals surface area contributed by atoms with Crippen LogP contribution in [0.3, 0.4) is 0 Å². The smallest absolute Gasteiger partial charge is 0.234 e. The Bertz CT molecular complexity index is 656. The SMILES string of the molecule is CC(Nc1ccc2c(c1)NC(=O)CS2)c1ccc(Cl)s1. The van der Waals surface area contributed by atoms with Crippen LogP contribution in [0.2, 0.25) is 4.34 Å². The van der Waals surface area contributed by atoms with Gasteiger partial charge in [-0.2, -0.15) is 0 Å². The van der Waals surface area contributed by atoms with E-state index in [1.54, 1.807) is 23.1 Å². The first kappa shape index (κ1) is 13.8. The zero-order chi connectivity index (χ0) is 14.1. The van der Waals surface area contributed by atoms with Crippen molar-refractivity contribution in [3.05, 3.63) is 39.5 Å². The standard InChI is InChI=1S/C14H13ClN2OS2/c1-8(11-4-5-13(15)20-11)16-9-2-3-12-10(6-9)17-14(18)7-19-12/h2-6,8,16H,7H2,1H3,(H,17,18). The average Bonchev–Trinajstić information content (AvgIpc) is 2.85. The highest BCUT2D eigenvalue weighted by Crippen LogP contribution is 2.35. The molecule has 1 amide bonds. The number of hydrogen-bond donors (Lipinski definition) is 2. The molecule has 3 nitrogen and oxygen atoms in total. The molecule has 0 saturated carbocycles. The number of amides is 1. The Hall–Kier alpha value is -1.17. The van der Waals surface area contributed by atoms with Crippen LogP contribution in [0.25, 0.3) is 0 Å². The maximum atomic E-state index is 11.4. The molecule has 1 aromatic carbocycles. The van der Waals surface area contributed by atoms with E-state index in [2.05, 4.69) is 17.6 Å². The van der Waals surface area contributed by atoms with E-state index in [9.17, 15) is 4.79 Å². The van der Waals surface area contributed by atoms with Crippen LogP contribution in [-0.2, 0) is 4.79 Å². The number of carbonyl (C=O) groups excluding carboxylic acids is 1. The number of nitrogens with one attached hydrogen (secondary N) is 2. The summed E-state index contributed by atoms with van der Waals surface area (Å²) in [4.78, 5) is 13.7. The molecule has 2 N–H and O–H groups in total. The third-order valence-corrected chi connectivity index (χ3v) is 5.50.